The normalized spacial score (nSPS) is 14.5. The Hall–Kier alpha value is -3.65. The lowest BCUT2D eigenvalue weighted by Crippen LogP contribution is -2.47. The Morgan fingerprint density at radius 2 is 1.81 bits per heavy atom. The van der Waals surface area contributed by atoms with Crippen molar-refractivity contribution in [1.82, 2.24) is 20.3 Å². The van der Waals surface area contributed by atoms with Gasteiger partial charge in [0.15, 0.2) is 9.84 Å². The molecule has 0 aliphatic rings. The first kappa shape index (κ1) is 27.9. The largest absolute Gasteiger partial charge is 0.507 e. The summed E-state index contributed by atoms with van der Waals surface area (Å²) in [6, 6.07) is 9.83. The lowest BCUT2D eigenvalue weighted by molar-refractivity contribution is -0.137. The number of nitrogens with zero attached hydrogens (tertiary/aromatic N) is 3. The zero-order chi connectivity index (χ0) is 27.4. The molecule has 1 aromatic heterocycles. The fourth-order valence-electron chi connectivity index (χ4n) is 3.29. The molecule has 0 aliphatic carbocycles. The fourth-order valence-corrected chi connectivity index (χ4v) is 4.07. The molecule has 0 bridgehead atoms. The number of aliphatic hydroxyl groups excluding tert-OH is 1. The van der Waals surface area contributed by atoms with Gasteiger partial charge in [-0.05, 0) is 43.3 Å². The maximum atomic E-state index is 12.7. The Bertz CT molecular complexity index is 1350. The quantitative estimate of drug-likeness (QED) is 0.355. The van der Waals surface area contributed by atoms with Gasteiger partial charge in [0.1, 0.15) is 30.0 Å². The van der Waals surface area contributed by atoms with E-state index in [4.69, 9.17) is 4.74 Å². The van der Waals surface area contributed by atoms with Crippen LogP contribution in [0.3, 0.4) is 0 Å². The number of amides is 1. The van der Waals surface area contributed by atoms with Crippen molar-refractivity contribution in [2.75, 3.05) is 12.8 Å². The molecule has 14 heteroatoms. The first-order valence-electron chi connectivity index (χ1n) is 10.8. The fraction of sp³-hybridized carbons (Fsp3) is 0.348. The lowest BCUT2D eigenvalue weighted by atomic mass is 10.1. The second-order valence-corrected chi connectivity index (χ2v) is 11.1. The molecule has 0 aliphatic heterocycles. The van der Waals surface area contributed by atoms with Gasteiger partial charge in [-0.25, -0.2) is 13.1 Å². The average Bonchev–Trinajstić information content (AvgIpc) is 3.30. The van der Waals surface area contributed by atoms with E-state index in [1.807, 2.05) is 0 Å². The molecule has 1 amide bonds. The van der Waals surface area contributed by atoms with Gasteiger partial charge in [-0.2, -0.15) is 13.2 Å². The van der Waals surface area contributed by atoms with E-state index in [0.29, 0.717) is 0 Å². The standard InChI is InChI=1S/C23H25F3N4O6S/c1-22(37(2,34)35,14-27-21(33)18-5-3-4-6-19(18)31)11-20(32)30-12-16(28-29-30)13-36-17-9-7-15(8-10-17)23(24,25)26/h3-10,12,20,31-32H,11,13-14H2,1-2H3,(H,27,33). The van der Waals surface area contributed by atoms with Gasteiger partial charge in [-0.3, -0.25) is 4.79 Å². The summed E-state index contributed by atoms with van der Waals surface area (Å²) < 4.78 is 67.9. The van der Waals surface area contributed by atoms with Crippen molar-refractivity contribution < 1.29 is 41.3 Å². The molecule has 0 fully saturated rings. The third-order valence-corrected chi connectivity index (χ3v) is 7.81. The number of nitrogens with one attached hydrogen (secondary N) is 1. The SMILES string of the molecule is CC(CNC(=O)c1ccccc1O)(CC(O)n1cc(COc2ccc(C(F)(F)F)cc2)nn1)S(C)(=O)=O. The summed E-state index contributed by atoms with van der Waals surface area (Å²) >= 11 is 0. The van der Waals surface area contributed by atoms with Gasteiger partial charge in [0, 0.05) is 19.2 Å². The van der Waals surface area contributed by atoms with E-state index in [-0.39, 0.29) is 42.3 Å². The number of rotatable bonds is 10. The predicted octanol–water partition coefficient (Wildman–Crippen LogP) is 2.70. The summed E-state index contributed by atoms with van der Waals surface area (Å²) in [6.07, 6.45) is -4.01. The molecule has 0 saturated carbocycles. The molecule has 2 atom stereocenters. The summed E-state index contributed by atoms with van der Waals surface area (Å²) in [7, 11) is -3.81. The van der Waals surface area contributed by atoms with Crippen molar-refractivity contribution in [2.24, 2.45) is 0 Å². The van der Waals surface area contributed by atoms with Crippen LogP contribution in [0.1, 0.15) is 41.2 Å². The molecular weight excluding hydrogens is 517 g/mol. The van der Waals surface area contributed by atoms with Crippen LogP contribution in [-0.2, 0) is 22.6 Å². The molecule has 1 heterocycles. The van der Waals surface area contributed by atoms with Crippen LogP contribution in [0.25, 0.3) is 0 Å². The lowest BCUT2D eigenvalue weighted by Gasteiger charge is -2.30. The number of aliphatic hydroxyl groups is 1. The van der Waals surface area contributed by atoms with Gasteiger partial charge in [0.2, 0.25) is 0 Å². The Balaban J connectivity index is 1.64. The molecule has 3 aromatic rings. The highest BCUT2D eigenvalue weighted by atomic mass is 32.2. The summed E-state index contributed by atoms with van der Waals surface area (Å²) in [6.45, 7) is 0.814. The maximum Gasteiger partial charge on any atom is 0.416 e. The zero-order valence-corrected chi connectivity index (χ0v) is 20.6. The van der Waals surface area contributed by atoms with Crippen molar-refractivity contribution in [1.29, 1.82) is 0 Å². The number of hydrogen-bond donors (Lipinski definition) is 3. The van der Waals surface area contributed by atoms with Crippen molar-refractivity contribution >= 4 is 15.7 Å². The third-order valence-electron chi connectivity index (χ3n) is 5.71. The minimum absolute atomic E-state index is 0.0344. The van der Waals surface area contributed by atoms with E-state index in [9.17, 15) is 36.6 Å². The van der Waals surface area contributed by atoms with Crippen LogP contribution in [0.2, 0.25) is 0 Å². The summed E-state index contributed by atoms with van der Waals surface area (Å²) in [5, 5.41) is 30.6. The first-order valence-corrected chi connectivity index (χ1v) is 12.7. The Morgan fingerprint density at radius 3 is 2.41 bits per heavy atom. The van der Waals surface area contributed by atoms with E-state index in [0.717, 1.165) is 35.2 Å². The monoisotopic (exact) mass is 542 g/mol. The molecule has 3 N–H and O–H groups in total. The van der Waals surface area contributed by atoms with E-state index in [2.05, 4.69) is 15.6 Å². The van der Waals surface area contributed by atoms with Crippen LogP contribution in [-0.4, -0.2) is 57.1 Å². The Kier molecular flexibility index (Phi) is 8.12. The van der Waals surface area contributed by atoms with Gasteiger partial charge in [0.25, 0.3) is 5.91 Å². The number of aromatic nitrogens is 3. The van der Waals surface area contributed by atoms with Gasteiger partial charge >= 0.3 is 6.18 Å². The summed E-state index contributed by atoms with van der Waals surface area (Å²) in [5.74, 6) is -0.798. The Labute approximate surface area is 210 Å². The molecule has 2 aromatic carbocycles. The molecule has 200 valence electrons. The number of ether oxygens (including phenoxy) is 1. The van der Waals surface area contributed by atoms with E-state index in [1.54, 1.807) is 0 Å². The second kappa shape index (κ2) is 10.8. The highest BCUT2D eigenvalue weighted by molar-refractivity contribution is 7.92. The van der Waals surface area contributed by atoms with Crippen LogP contribution >= 0.6 is 0 Å². The van der Waals surface area contributed by atoms with E-state index in [1.165, 1.54) is 37.4 Å². The van der Waals surface area contributed by atoms with Crippen molar-refractivity contribution in [3.8, 4) is 11.5 Å². The number of halogens is 3. The molecule has 0 radical (unpaired) electrons. The van der Waals surface area contributed by atoms with Crippen LogP contribution in [0.15, 0.2) is 54.7 Å². The van der Waals surface area contributed by atoms with Gasteiger partial charge < -0.3 is 20.3 Å². The zero-order valence-electron chi connectivity index (χ0n) is 19.8. The summed E-state index contributed by atoms with van der Waals surface area (Å²) in [4.78, 5) is 12.4. The van der Waals surface area contributed by atoms with Gasteiger partial charge in [-0.1, -0.05) is 17.3 Å². The smallest absolute Gasteiger partial charge is 0.416 e. The number of hydrogen-bond acceptors (Lipinski definition) is 8. The van der Waals surface area contributed by atoms with Crippen molar-refractivity contribution in [2.45, 2.75) is 37.1 Å². The highest BCUT2D eigenvalue weighted by Gasteiger charge is 2.39. The number of carbonyl (C=O) groups is 1. The molecule has 0 spiro atoms. The minimum atomic E-state index is -4.47. The first-order chi connectivity index (χ1) is 17.2. The van der Waals surface area contributed by atoms with Crippen LogP contribution in [0.4, 0.5) is 13.2 Å². The topological polar surface area (TPSA) is 144 Å². The Morgan fingerprint density at radius 1 is 1.16 bits per heavy atom. The highest BCUT2D eigenvalue weighted by Crippen LogP contribution is 2.30. The summed E-state index contributed by atoms with van der Waals surface area (Å²) in [5.41, 5.74) is -0.625. The number of sulfone groups is 1. The molecule has 3 rings (SSSR count). The van der Waals surface area contributed by atoms with Crippen LogP contribution < -0.4 is 10.1 Å². The number of phenolic OH excluding ortho intramolecular Hbond substituents is 1. The number of alkyl halides is 3. The molecule has 2 unspecified atom stereocenters. The van der Waals surface area contributed by atoms with Crippen molar-refractivity contribution in [3.05, 3.63) is 71.5 Å². The molecule has 37 heavy (non-hydrogen) atoms. The minimum Gasteiger partial charge on any atom is -0.507 e. The van der Waals surface area contributed by atoms with Crippen LogP contribution in [0.5, 0.6) is 11.5 Å². The molecule has 10 nitrogen and oxygen atoms in total. The number of para-hydroxylation sites is 1. The van der Waals surface area contributed by atoms with E-state index >= 15 is 0 Å². The molecular formula is C23H25F3N4O6S. The second-order valence-electron chi connectivity index (χ2n) is 8.61. The maximum absolute atomic E-state index is 12.7. The molecule has 0 saturated heterocycles. The van der Waals surface area contributed by atoms with Crippen molar-refractivity contribution in [3.63, 3.8) is 0 Å². The van der Waals surface area contributed by atoms with Crippen LogP contribution in [0, 0.1) is 0 Å². The number of phenols is 1. The van der Waals surface area contributed by atoms with Gasteiger partial charge in [-0.15, -0.1) is 5.10 Å². The van der Waals surface area contributed by atoms with E-state index < -0.39 is 38.5 Å². The third kappa shape index (κ3) is 6.98. The average molecular weight is 543 g/mol. The number of aromatic hydroxyl groups is 1. The van der Waals surface area contributed by atoms with Gasteiger partial charge in [0.05, 0.1) is 22.1 Å². The predicted molar refractivity (Wildman–Crippen MR) is 125 cm³/mol. The number of carbonyl (C=O) groups excluding carboxylic acids is 1. The number of benzene rings is 2.